The van der Waals surface area contributed by atoms with Crippen molar-refractivity contribution in [2.24, 2.45) is 29.1 Å². The van der Waals surface area contributed by atoms with Gasteiger partial charge in [-0.2, -0.15) is 0 Å². The molecule has 1 N–H and O–H groups in total. The molecule has 1 amide bonds. The SMILES string of the molecule is O=C(N1CCC[C@H](CNS(=O)(=O)c2cccs2)C1)C12CC3CC(CC(C3)C1)C2. The van der Waals surface area contributed by atoms with Crippen molar-refractivity contribution >= 4 is 27.3 Å². The summed E-state index contributed by atoms with van der Waals surface area (Å²) in [6, 6.07) is 3.39. The Morgan fingerprint density at radius 1 is 1.18 bits per heavy atom. The van der Waals surface area contributed by atoms with Gasteiger partial charge in [0.15, 0.2) is 0 Å². The van der Waals surface area contributed by atoms with Gasteiger partial charge >= 0.3 is 0 Å². The number of carbonyl (C=O) groups is 1. The predicted octanol–water partition coefficient (Wildman–Crippen LogP) is 3.48. The summed E-state index contributed by atoms with van der Waals surface area (Å²) in [5.74, 6) is 2.91. The summed E-state index contributed by atoms with van der Waals surface area (Å²) >= 11 is 1.24. The molecule has 4 aliphatic carbocycles. The fraction of sp³-hybridized carbons (Fsp3) is 0.762. The molecule has 5 aliphatic rings. The van der Waals surface area contributed by atoms with Crippen LogP contribution >= 0.6 is 11.3 Å². The van der Waals surface area contributed by atoms with E-state index in [4.69, 9.17) is 0 Å². The van der Waals surface area contributed by atoms with Crippen LogP contribution in [0.1, 0.15) is 51.4 Å². The van der Waals surface area contributed by atoms with E-state index in [1.54, 1.807) is 17.5 Å². The number of hydrogen-bond acceptors (Lipinski definition) is 4. The molecule has 0 unspecified atom stereocenters. The fourth-order valence-electron chi connectivity index (χ4n) is 6.84. The molecule has 4 bridgehead atoms. The Labute approximate surface area is 171 Å². The predicted molar refractivity (Wildman–Crippen MR) is 109 cm³/mol. The molecule has 1 aliphatic heterocycles. The van der Waals surface area contributed by atoms with Crippen LogP contribution in [-0.4, -0.2) is 38.9 Å². The second-order valence-electron chi connectivity index (χ2n) is 9.74. The van der Waals surface area contributed by atoms with Crippen molar-refractivity contribution in [2.75, 3.05) is 19.6 Å². The van der Waals surface area contributed by atoms with E-state index in [2.05, 4.69) is 9.62 Å². The molecular weight excluding hydrogens is 392 g/mol. The monoisotopic (exact) mass is 422 g/mol. The number of nitrogens with one attached hydrogen (secondary N) is 1. The third-order valence-corrected chi connectivity index (χ3v) is 10.4. The number of thiophene rings is 1. The van der Waals surface area contributed by atoms with Gasteiger partial charge in [-0.3, -0.25) is 4.79 Å². The van der Waals surface area contributed by atoms with Crippen LogP contribution in [0.5, 0.6) is 0 Å². The molecule has 4 saturated carbocycles. The number of amides is 1. The van der Waals surface area contributed by atoms with E-state index in [1.807, 2.05) is 0 Å². The molecule has 2 heterocycles. The molecule has 1 saturated heterocycles. The van der Waals surface area contributed by atoms with Crippen LogP contribution in [0.25, 0.3) is 0 Å². The Hall–Kier alpha value is -0.920. The average Bonchev–Trinajstić information content (AvgIpc) is 3.21. The van der Waals surface area contributed by atoms with Gasteiger partial charge in [0.05, 0.1) is 5.41 Å². The first kappa shape index (κ1) is 19.1. The average molecular weight is 423 g/mol. The van der Waals surface area contributed by atoms with Crippen LogP contribution in [0, 0.1) is 29.1 Å². The minimum Gasteiger partial charge on any atom is -0.342 e. The lowest BCUT2D eigenvalue weighted by Gasteiger charge is -2.57. The van der Waals surface area contributed by atoms with Crippen molar-refractivity contribution in [3.8, 4) is 0 Å². The highest BCUT2D eigenvalue weighted by molar-refractivity contribution is 7.91. The van der Waals surface area contributed by atoms with E-state index in [1.165, 1.54) is 30.6 Å². The third kappa shape index (κ3) is 3.43. The van der Waals surface area contributed by atoms with Gasteiger partial charge in [0.1, 0.15) is 4.21 Å². The molecular formula is C21H30N2O3S2. The Balaban J connectivity index is 1.23. The first-order chi connectivity index (χ1) is 13.4. The van der Waals surface area contributed by atoms with Crippen molar-refractivity contribution < 1.29 is 13.2 Å². The number of piperidine rings is 1. The molecule has 5 fully saturated rings. The van der Waals surface area contributed by atoms with Gasteiger partial charge in [-0.1, -0.05) is 6.07 Å². The zero-order valence-electron chi connectivity index (χ0n) is 16.3. The highest BCUT2D eigenvalue weighted by atomic mass is 32.2. The summed E-state index contributed by atoms with van der Waals surface area (Å²) in [4.78, 5) is 15.7. The maximum atomic E-state index is 13.6. The number of nitrogens with zero attached hydrogens (tertiary/aromatic N) is 1. The van der Waals surface area contributed by atoms with Crippen LogP contribution in [0.4, 0.5) is 0 Å². The summed E-state index contributed by atoms with van der Waals surface area (Å²) < 4.78 is 27.9. The molecule has 6 rings (SSSR count). The maximum Gasteiger partial charge on any atom is 0.250 e. The van der Waals surface area contributed by atoms with Crippen molar-refractivity contribution in [3.63, 3.8) is 0 Å². The molecule has 7 heteroatoms. The van der Waals surface area contributed by atoms with Gasteiger partial charge in [0.25, 0.3) is 0 Å². The van der Waals surface area contributed by atoms with Crippen LogP contribution in [0.3, 0.4) is 0 Å². The van der Waals surface area contributed by atoms with Gasteiger partial charge in [0.2, 0.25) is 15.9 Å². The standard InChI is InChI=1S/C21H30N2O3S2/c24-20(21-10-16-7-17(11-21)9-18(8-16)12-21)23-5-1-3-15(14-23)13-22-28(25,26)19-4-2-6-27-19/h2,4,6,15-18,22H,1,3,5,7-14H2/t15-,16?,17?,18?,21?/m1/s1. The van der Waals surface area contributed by atoms with E-state index in [9.17, 15) is 13.2 Å². The Bertz CT molecular complexity index is 799. The van der Waals surface area contributed by atoms with Gasteiger partial charge in [0, 0.05) is 19.6 Å². The topological polar surface area (TPSA) is 66.5 Å². The highest BCUT2D eigenvalue weighted by Gasteiger charge is 2.55. The summed E-state index contributed by atoms with van der Waals surface area (Å²) in [6.45, 7) is 1.97. The Morgan fingerprint density at radius 3 is 2.46 bits per heavy atom. The van der Waals surface area contributed by atoms with E-state index in [0.29, 0.717) is 23.2 Å². The number of sulfonamides is 1. The van der Waals surface area contributed by atoms with E-state index in [0.717, 1.165) is 56.4 Å². The molecule has 28 heavy (non-hydrogen) atoms. The summed E-state index contributed by atoms with van der Waals surface area (Å²) in [5, 5.41) is 1.78. The minimum absolute atomic E-state index is 0.0902. The summed E-state index contributed by atoms with van der Waals surface area (Å²) in [5.41, 5.74) is -0.0902. The van der Waals surface area contributed by atoms with Crippen LogP contribution in [-0.2, 0) is 14.8 Å². The van der Waals surface area contributed by atoms with E-state index < -0.39 is 10.0 Å². The zero-order chi connectivity index (χ0) is 19.4. The minimum atomic E-state index is -3.43. The number of hydrogen-bond donors (Lipinski definition) is 1. The highest BCUT2D eigenvalue weighted by Crippen LogP contribution is 2.60. The van der Waals surface area contributed by atoms with Crippen LogP contribution in [0.2, 0.25) is 0 Å². The maximum absolute atomic E-state index is 13.6. The smallest absolute Gasteiger partial charge is 0.250 e. The van der Waals surface area contributed by atoms with E-state index >= 15 is 0 Å². The Morgan fingerprint density at radius 2 is 1.86 bits per heavy atom. The van der Waals surface area contributed by atoms with Crippen molar-refractivity contribution in [1.82, 2.24) is 9.62 Å². The van der Waals surface area contributed by atoms with Crippen LogP contribution in [0.15, 0.2) is 21.7 Å². The molecule has 1 atom stereocenters. The molecule has 5 nitrogen and oxygen atoms in total. The normalized spacial score (nSPS) is 37.4. The summed E-state index contributed by atoms with van der Waals surface area (Å²) in [6.07, 6.45) is 9.30. The Kier molecular flexibility index (Phi) is 4.83. The number of carbonyl (C=O) groups excluding carboxylic acids is 1. The first-order valence-corrected chi connectivity index (χ1v) is 13.1. The second-order valence-corrected chi connectivity index (χ2v) is 12.7. The lowest BCUT2D eigenvalue weighted by atomic mass is 9.49. The molecule has 1 aromatic rings. The van der Waals surface area contributed by atoms with Gasteiger partial charge < -0.3 is 4.90 Å². The molecule has 154 valence electrons. The van der Waals surface area contributed by atoms with Gasteiger partial charge in [-0.05, 0) is 86.5 Å². The quantitative estimate of drug-likeness (QED) is 0.790. The largest absolute Gasteiger partial charge is 0.342 e. The lowest BCUT2D eigenvalue weighted by Crippen LogP contribution is -2.56. The van der Waals surface area contributed by atoms with Crippen molar-refractivity contribution in [2.45, 2.75) is 55.6 Å². The molecule has 0 radical (unpaired) electrons. The second kappa shape index (κ2) is 7.10. The fourth-order valence-corrected chi connectivity index (χ4v) is 8.99. The van der Waals surface area contributed by atoms with Crippen molar-refractivity contribution in [3.05, 3.63) is 17.5 Å². The third-order valence-electron chi connectivity index (χ3n) is 7.62. The van der Waals surface area contributed by atoms with Gasteiger partial charge in [-0.25, -0.2) is 13.1 Å². The summed E-state index contributed by atoms with van der Waals surface area (Å²) in [7, 11) is -3.43. The van der Waals surface area contributed by atoms with Gasteiger partial charge in [-0.15, -0.1) is 11.3 Å². The van der Waals surface area contributed by atoms with E-state index in [-0.39, 0.29) is 11.3 Å². The zero-order valence-corrected chi connectivity index (χ0v) is 17.9. The number of likely N-dealkylation sites (tertiary alicyclic amines) is 1. The molecule has 1 aromatic heterocycles. The first-order valence-electron chi connectivity index (χ1n) is 10.8. The lowest BCUT2D eigenvalue weighted by molar-refractivity contribution is -0.159. The van der Waals surface area contributed by atoms with Crippen molar-refractivity contribution in [1.29, 1.82) is 0 Å². The number of rotatable bonds is 5. The van der Waals surface area contributed by atoms with Crippen LogP contribution < -0.4 is 4.72 Å². The molecule has 0 spiro atoms. The molecule has 0 aromatic carbocycles.